The predicted octanol–water partition coefficient (Wildman–Crippen LogP) is 4.22. The molecular formula is C28H50O7. The topological polar surface area (TPSA) is 75.6 Å². The summed E-state index contributed by atoms with van der Waals surface area (Å²) in [6, 6.07) is 8.77. The molecule has 0 radical (unpaired) electrons. The summed E-state index contributed by atoms with van der Waals surface area (Å²) in [5.74, 6) is 0. The molecule has 1 rings (SSSR count). The maximum Gasteiger partial charge on any atom is 0.0701 e. The predicted molar refractivity (Wildman–Crippen MR) is 139 cm³/mol. The Hall–Kier alpha value is -1.06. The molecule has 1 N–H and O–H groups in total. The van der Waals surface area contributed by atoms with Crippen molar-refractivity contribution in [2.24, 2.45) is 0 Å². The van der Waals surface area contributed by atoms with Gasteiger partial charge in [-0.2, -0.15) is 0 Å². The van der Waals surface area contributed by atoms with Crippen molar-refractivity contribution in [3.8, 4) is 0 Å². The summed E-state index contributed by atoms with van der Waals surface area (Å²) in [5.41, 5.74) is 2.89. The Kier molecular flexibility index (Phi) is 23.8. The minimum atomic E-state index is 0.0385. The monoisotopic (exact) mass is 498 g/mol. The molecule has 0 saturated carbocycles. The van der Waals surface area contributed by atoms with Crippen LogP contribution in [0.2, 0.25) is 0 Å². The number of aryl methyl sites for hydroxylation is 1. The molecule has 0 bridgehead atoms. The highest BCUT2D eigenvalue weighted by atomic mass is 16.6. The average Bonchev–Trinajstić information content (AvgIpc) is 2.88. The molecule has 0 aliphatic rings. The molecule has 0 atom stereocenters. The van der Waals surface area contributed by atoms with Crippen LogP contribution in [0.5, 0.6) is 0 Å². The Labute approximate surface area is 213 Å². The molecule has 0 fully saturated rings. The first-order chi connectivity index (χ1) is 17.4. The van der Waals surface area contributed by atoms with Gasteiger partial charge < -0.3 is 33.5 Å². The molecule has 0 aliphatic carbocycles. The van der Waals surface area contributed by atoms with Gasteiger partial charge in [0, 0.05) is 0 Å². The summed E-state index contributed by atoms with van der Waals surface area (Å²) >= 11 is 0. The lowest BCUT2D eigenvalue weighted by atomic mass is 9.99. The van der Waals surface area contributed by atoms with E-state index in [1.54, 1.807) is 0 Å². The fourth-order valence-electron chi connectivity index (χ4n) is 3.59. The van der Waals surface area contributed by atoms with E-state index < -0.39 is 0 Å². The van der Waals surface area contributed by atoms with Gasteiger partial charge in [0.15, 0.2) is 0 Å². The summed E-state index contributed by atoms with van der Waals surface area (Å²) in [4.78, 5) is 0. The fourth-order valence-corrected chi connectivity index (χ4v) is 3.59. The number of aliphatic hydroxyl groups excluding tert-OH is 1. The van der Waals surface area contributed by atoms with E-state index >= 15 is 0 Å². The second-order valence-electron chi connectivity index (χ2n) is 8.43. The van der Waals surface area contributed by atoms with Crippen molar-refractivity contribution >= 4 is 0 Å². The summed E-state index contributed by atoms with van der Waals surface area (Å²) in [5, 5.41) is 8.58. The highest BCUT2D eigenvalue weighted by molar-refractivity contribution is 5.27. The lowest BCUT2D eigenvalue weighted by Crippen LogP contribution is -2.14. The van der Waals surface area contributed by atoms with Crippen LogP contribution in [-0.2, 0) is 41.3 Å². The number of hydrogen-bond donors (Lipinski definition) is 1. The van der Waals surface area contributed by atoms with Crippen LogP contribution in [0.4, 0.5) is 0 Å². The molecule has 0 spiro atoms. The van der Waals surface area contributed by atoms with Gasteiger partial charge in [0.05, 0.1) is 85.9 Å². The van der Waals surface area contributed by atoms with E-state index in [4.69, 9.17) is 33.5 Å². The highest BCUT2D eigenvalue weighted by Gasteiger charge is 2.02. The van der Waals surface area contributed by atoms with E-state index in [1.807, 2.05) is 0 Å². The number of unbranched alkanes of at least 4 members (excludes halogenated alkanes) is 5. The molecule has 1 aromatic rings. The van der Waals surface area contributed by atoms with Gasteiger partial charge in [-0.15, -0.1) is 0 Å². The van der Waals surface area contributed by atoms with Crippen LogP contribution in [0.3, 0.4) is 0 Å². The van der Waals surface area contributed by atoms with Crippen molar-refractivity contribution in [2.45, 2.75) is 58.3 Å². The van der Waals surface area contributed by atoms with Gasteiger partial charge in [-0.3, -0.25) is 0 Å². The first kappa shape index (κ1) is 32.0. The minimum absolute atomic E-state index is 0.0385. The lowest BCUT2D eigenvalue weighted by Gasteiger charge is -2.10. The van der Waals surface area contributed by atoms with Crippen molar-refractivity contribution in [2.75, 3.05) is 85.9 Å². The van der Waals surface area contributed by atoms with E-state index in [0.29, 0.717) is 72.7 Å². The molecular weight excluding hydrogens is 448 g/mol. The summed E-state index contributed by atoms with van der Waals surface area (Å²) in [6.07, 6.45) is 10.1. The molecule has 0 heterocycles. The molecule has 0 amide bonds. The van der Waals surface area contributed by atoms with Gasteiger partial charge >= 0.3 is 0 Å². The summed E-state index contributed by atoms with van der Waals surface area (Å²) < 4.78 is 32.7. The van der Waals surface area contributed by atoms with Crippen LogP contribution in [0, 0.1) is 0 Å². The van der Waals surface area contributed by atoms with Crippen molar-refractivity contribution in [3.63, 3.8) is 0 Å². The second kappa shape index (κ2) is 26.0. The number of rotatable bonds is 27. The van der Waals surface area contributed by atoms with Crippen molar-refractivity contribution in [1.29, 1.82) is 0 Å². The number of hydrogen-bond acceptors (Lipinski definition) is 7. The average molecular weight is 499 g/mol. The molecule has 7 heteroatoms. The number of benzene rings is 1. The van der Waals surface area contributed by atoms with Crippen LogP contribution < -0.4 is 0 Å². The van der Waals surface area contributed by atoms with Crippen molar-refractivity contribution < 1.29 is 33.5 Å². The van der Waals surface area contributed by atoms with Crippen LogP contribution in [0.25, 0.3) is 0 Å². The maximum atomic E-state index is 8.58. The SMILES string of the molecule is CCCCCCCCc1ccccc1CCOCCOCCOCCOCCOCCOCCO. The fraction of sp³-hybridized carbons (Fsp3) is 0.786. The van der Waals surface area contributed by atoms with Crippen molar-refractivity contribution in [1.82, 2.24) is 0 Å². The molecule has 204 valence electrons. The van der Waals surface area contributed by atoms with Gasteiger partial charge in [-0.1, -0.05) is 63.3 Å². The zero-order valence-corrected chi connectivity index (χ0v) is 22.1. The van der Waals surface area contributed by atoms with Gasteiger partial charge in [0.25, 0.3) is 0 Å². The van der Waals surface area contributed by atoms with Gasteiger partial charge in [-0.05, 0) is 30.4 Å². The van der Waals surface area contributed by atoms with Crippen LogP contribution in [0.15, 0.2) is 24.3 Å². The first-order valence-corrected chi connectivity index (χ1v) is 13.5. The third-order valence-electron chi connectivity index (χ3n) is 5.53. The lowest BCUT2D eigenvalue weighted by molar-refractivity contribution is -0.0180. The largest absolute Gasteiger partial charge is 0.394 e. The van der Waals surface area contributed by atoms with Crippen molar-refractivity contribution in [3.05, 3.63) is 35.4 Å². The molecule has 7 nitrogen and oxygen atoms in total. The molecule has 0 aliphatic heterocycles. The Morgan fingerprint density at radius 2 is 0.886 bits per heavy atom. The number of aliphatic hydroxyl groups is 1. The van der Waals surface area contributed by atoms with Gasteiger partial charge in [-0.25, -0.2) is 0 Å². The number of ether oxygens (including phenoxy) is 6. The summed E-state index contributed by atoms with van der Waals surface area (Å²) in [6.45, 7) is 8.79. The Morgan fingerprint density at radius 3 is 1.37 bits per heavy atom. The maximum absolute atomic E-state index is 8.58. The van der Waals surface area contributed by atoms with E-state index in [-0.39, 0.29) is 6.61 Å². The minimum Gasteiger partial charge on any atom is -0.394 e. The Bertz CT molecular complexity index is 556. The highest BCUT2D eigenvalue weighted by Crippen LogP contribution is 2.15. The molecule has 1 aromatic carbocycles. The van der Waals surface area contributed by atoms with Crippen LogP contribution in [0.1, 0.15) is 56.6 Å². The van der Waals surface area contributed by atoms with E-state index in [1.165, 1.54) is 56.1 Å². The third-order valence-corrected chi connectivity index (χ3v) is 5.53. The molecule has 0 unspecified atom stereocenters. The van der Waals surface area contributed by atoms with Gasteiger partial charge in [0.1, 0.15) is 0 Å². The van der Waals surface area contributed by atoms with E-state index in [0.717, 1.165) is 13.0 Å². The molecule has 0 aromatic heterocycles. The van der Waals surface area contributed by atoms with E-state index in [2.05, 4.69) is 31.2 Å². The quantitative estimate of drug-likeness (QED) is 0.182. The summed E-state index contributed by atoms with van der Waals surface area (Å²) in [7, 11) is 0. The normalized spacial score (nSPS) is 11.4. The van der Waals surface area contributed by atoms with Crippen LogP contribution >= 0.6 is 0 Å². The molecule has 0 saturated heterocycles. The third kappa shape index (κ3) is 20.8. The molecule has 35 heavy (non-hydrogen) atoms. The zero-order chi connectivity index (χ0) is 25.1. The second-order valence-corrected chi connectivity index (χ2v) is 8.43. The van der Waals surface area contributed by atoms with Crippen LogP contribution in [-0.4, -0.2) is 91.0 Å². The Morgan fingerprint density at radius 1 is 0.486 bits per heavy atom. The van der Waals surface area contributed by atoms with Gasteiger partial charge in [0.2, 0.25) is 0 Å². The first-order valence-electron chi connectivity index (χ1n) is 13.5. The standard InChI is InChI=1S/C28H50O7/c1-2-3-4-5-6-7-10-27-11-8-9-12-28(27)13-15-30-17-19-32-21-23-34-25-26-35-24-22-33-20-18-31-16-14-29/h8-9,11-12,29H,2-7,10,13-26H2,1H3. The van der Waals surface area contributed by atoms with E-state index in [9.17, 15) is 0 Å². The smallest absolute Gasteiger partial charge is 0.0701 e. The Balaban J connectivity index is 1.86. The zero-order valence-electron chi connectivity index (χ0n) is 22.1.